The first-order chi connectivity index (χ1) is 7.36. The van der Waals surface area contributed by atoms with Crippen LogP contribution in [0.4, 0.5) is 0 Å². The molecule has 0 saturated carbocycles. The van der Waals surface area contributed by atoms with Crippen molar-refractivity contribution >= 4 is 10.9 Å². The van der Waals surface area contributed by atoms with Gasteiger partial charge in [0.05, 0.1) is 11.2 Å². The molecule has 1 heterocycles. The molecule has 0 amide bonds. The van der Waals surface area contributed by atoms with E-state index in [-0.39, 0.29) is 0 Å². The summed E-state index contributed by atoms with van der Waals surface area (Å²) in [5.74, 6) is 0. The minimum Gasteiger partial charge on any atom is -0.311 e. The van der Waals surface area contributed by atoms with Crippen LogP contribution in [0, 0.1) is 0 Å². The zero-order valence-corrected chi connectivity index (χ0v) is 9.33. The maximum Gasteiger partial charge on any atom is 0.0841 e. The highest BCUT2D eigenvalue weighted by molar-refractivity contribution is 5.81. The smallest absolute Gasteiger partial charge is 0.0841 e. The molecule has 3 heteroatoms. The molecule has 0 unspecified atom stereocenters. The maximum atomic E-state index is 4.60. The van der Waals surface area contributed by atoms with E-state index in [2.05, 4.69) is 53.2 Å². The van der Waals surface area contributed by atoms with Gasteiger partial charge in [0, 0.05) is 18.5 Å². The average molecular weight is 203 g/mol. The fourth-order valence-electron chi connectivity index (χ4n) is 1.81. The first-order valence-corrected chi connectivity index (χ1v) is 5.52. The fraction of sp³-hybridized carbons (Fsp3) is 0.417. The van der Waals surface area contributed by atoms with Crippen molar-refractivity contribution in [3.05, 3.63) is 30.0 Å². The lowest BCUT2D eigenvalue weighted by Gasteiger charge is -1.97. The molecule has 0 aliphatic carbocycles. The van der Waals surface area contributed by atoms with Gasteiger partial charge in [-0.15, -0.1) is 0 Å². The second kappa shape index (κ2) is 4.45. The summed E-state index contributed by atoms with van der Waals surface area (Å²) in [5.41, 5.74) is 2.38. The van der Waals surface area contributed by atoms with E-state index in [0.29, 0.717) is 0 Å². The van der Waals surface area contributed by atoms with Crippen molar-refractivity contribution in [3.63, 3.8) is 0 Å². The lowest BCUT2D eigenvalue weighted by atomic mass is 10.2. The van der Waals surface area contributed by atoms with Crippen molar-refractivity contribution in [2.24, 2.45) is 0 Å². The van der Waals surface area contributed by atoms with Crippen molar-refractivity contribution < 1.29 is 0 Å². The Morgan fingerprint density at radius 1 is 1.27 bits per heavy atom. The van der Waals surface area contributed by atoms with Gasteiger partial charge >= 0.3 is 0 Å². The molecule has 0 spiro atoms. The highest BCUT2D eigenvalue weighted by atomic mass is 15.3. The standard InChI is InChI=1S/C12H17N3/c1-3-13-9-11-10-7-5-6-8-12(10)15(4-2)14-11/h5-8,13H,3-4,9H2,1-2H3. The highest BCUT2D eigenvalue weighted by Gasteiger charge is 2.07. The molecule has 0 saturated heterocycles. The third-order valence-electron chi connectivity index (χ3n) is 2.58. The molecule has 2 rings (SSSR count). The van der Waals surface area contributed by atoms with Crippen molar-refractivity contribution in [2.75, 3.05) is 6.54 Å². The number of aromatic nitrogens is 2. The van der Waals surface area contributed by atoms with E-state index in [1.54, 1.807) is 0 Å². The number of para-hydroxylation sites is 1. The first kappa shape index (κ1) is 10.2. The van der Waals surface area contributed by atoms with E-state index >= 15 is 0 Å². The van der Waals surface area contributed by atoms with Gasteiger partial charge in [-0.3, -0.25) is 4.68 Å². The van der Waals surface area contributed by atoms with Gasteiger partial charge in [0.15, 0.2) is 0 Å². The summed E-state index contributed by atoms with van der Waals surface area (Å²) in [6.07, 6.45) is 0. The molecule has 1 aromatic carbocycles. The number of nitrogens with one attached hydrogen (secondary N) is 1. The first-order valence-electron chi connectivity index (χ1n) is 5.52. The minimum atomic E-state index is 0.851. The molecule has 0 aliphatic heterocycles. The van der Waals surface area contributed by atoms with Crippen LogP contribution in [0.1, 0.15) is 19.5 Å². The summed E-state index contributed by atoms with van der Waals surface area (Å²) in [7, 11) is 0. The van der Waals surface area contributed by atoms with Crippen LogP contribution in [0.25, 0.3) is 10.9 Å². The molecule has 15 heavy (non-hydrogen) atoms. The zero-order valence-electron chi connectivity index (χ0n) is 9.33. The van der Waals surface area contributed by atoms with E-state index in [4.69, 9.17) is 0 Å². The fourth-order valence-corrected chi connectivity index (χ4v) is 1.81. The predicted octanol–water partition coefficient (Wildman–Crippen LogP) is 2.17. The van der Waals surface area contributed by atoms with Crippen LogP contribution in [-0.4, -0.2) is 16.3 Å². The summed E-state index contributed by atoms with van der Waals surface area (Å²) in [6, 6.07) is 8.40. The molecule has 0 radical (unpaired) electrons. The largest absolute Gasteiger partial charge is 0.311 e. The van der Waals surface area contributed by atoms with Crippen LogP contribution >= 0.6 is 0 Å². The van der Waals surface area contributed by atoms with Crippen LogP contribution in [0.2, 0.25) is 0 Å². The Bertz CT molecular complexity index is 445. The normalized spacial score (nSPS) is 11.1. The minimum absolute atomic E-state index is 0.851. The zero-order chi connectivity index (χ0) is 10.7. The van der Waals surface area contributed by atoms with Crippen molar-refractivity contribution in [1.82, 2.24) is 15.1 Å². The van der Waals surface area contributed by atoms with Gasteiger partial charge in [0.25, 0.3) is 0 Å². The molecule has 1 aromatic heterocycles. The van der Waals surface area contributed by atoms with E-state index in [9.17, 15) is 0 Å². The Kier molecular flexibility index (Phi) is 3.02. The van der Waals surface area contributed by atoms with Gasteiger partial charge in [-0.1, -0.05) is 25.1 Å². The molecule has 0 fully saturated rings. The van der Waals surface area contributed by atoms with Crippen LogP contribution in [0.5, 0.6) is 0 Å². The van der Waals surface area contributed by atoms with Gasteiger partial charge in [0.1, 0.15) is 0 Å². The topological polar surface area (TPSA) is 29.9 Å². The van der Waals surface area contributed by atoms with Gasteiger partial charge in [-0.25, -0.2) is 0 Å². The Balaban J connectivity index is 2.45. The molecule has 1 N–H and O–H groups in total. The summed E-state index contributed by atoms with van der Waals surface area (Å²) in [5, 5.41) is 9.18. The Labute approximate surface area is 90.1 Å². The van der Waals surface area contributed by atoms with E-state index < -0.39 is 0 Å². The molecule has 3 nitrogen and oxygen atoms in total. The number of rotatable bonds is 4. The Morgan fingerprint density at radius 2 is 2.07 bits per heavy atom. The molecular formula is C12H17N3. The second-order valence-corrected chi connectivity index (χ2v) is 3.56. The van der Waals surface area contributed by atoms with Gasteiger partial charge in [0.2, 0.25) is 0 Å². The number of fused-ring (bicyclic) bond motifs is 1. The van der Waals surface area contributed by atoms with Crippen LogP contribution < -0.4 is 5.32 Å². The highest BCUT2D eigenvalue weighted by Crippen LogP contribution is 2.17. The average Bonchev–Trinajstić information content (AvgIpc) is 2.65. The molecule has 0 atom stereocenters. The molecular weight excluding hydrogens is 186 g/mol. The molecule has 2 aromatic rings. The van der Waals surface area contributed by atoms with Crippen LogP contribution in [0.15, 0.2) is 24.3 Å². The van der Waals surface area contributed by atoms with E-state index in [1.807, 2.05) is 0 Å². The van der Waals surface area contributed by atoms with Gasteiger partial charge in [-0.05, 0) is 19.5 Å². The summed E-state index contributed by atoms with van der Waals surface area (Å²) >= 11 is 0. The summed E-state index contributed by atoms with van der Waals surface area (Å²) < 4.78 is 2.06. The third-order valence-corrected chi connectivity index (χ3v) is 2.58. The number of hydrogen-bond donors (Lipinski definition) is 1. The number of nitrogens with zero attached hydrogens (tertiary/aromatic N) is 2. The number of hydrogen-bond acceptors (Lipinski definition) is 2. The molecule has 0 bridgehead atoms. The predicted molar refractivity (Wildman–Crippen MR) is 62.8 cm³/mol. The van der Waals surface area contributed by atoms with Crippen LogP contribution in [-0.2, 0) is 13.1 Å². The molecule has 0 aliphatic rings. The van der Waals surface area contributed by atoms with E-state index in [0.717, 1.165) is 25.3 Å². The van der Waals surface area contributed by atoms with Gasteiger partial charge < -0.3 is 5.32 Å². The van der Waals surface area contributed by atoms with Crippen molar-refractivity contribution in [1.29, 1.82) is 0 Å². The third kappa shape index (κ3) is 1.88. The number of benzene rings is 1. The van der Waals surface area contributed by atoms with Crippen LogP contribution in [0.3, 0.4) is 0 Å². The quantitative estimate of drug-likeness (QED) is 0.825. The lowest BCUT2D eigenvalue weighted by Crippen LogP contribution is -2.12. The Hall–Kier alpha value is -1.35. The van der Waals surface area contributed by atoms with E-state index in [1.165, 1.54) is 10.9 Å². The summed E-state index contributed by atoms with van der Waals surface area (Å²) in [6.45, 7) is 6.99. The number of aryl methyl sites for hydroxylation is 1. The Morgan fingerprint density at radius 3 is 2.80 bits per heavy atom. The maximum absolute atomic E-state index is 4.60. The van der Waals surface area contributed by atoms with Gasteiger partial charge in [-0.2, -0.15) is 5.10 Å². The van der Waals surface area contributed by atoms with Crippen molar-refractivity contribution in [3.8, 4) is 0 Å². The second-order valence-electron chi connectivity index (χ2n) is 3.56. The summed E-state index contributed by atoms with van der Waals surface area (Å²) in [4.78, 5) is 0. The monoisotopic (exact) mass is 203 g/mol. The molecule has 80 valence electrons. The lowest BCUT2D eigenvalue weighted by molar-refractivity contribution is 0.642. The SMILES string of the molecule is CCNCc1nn(CC)c2ccccc12. The van der Waals surface area contributed by atoms with Crippen molar-refractivity contribution in [2.45, 2.75) is 26.9 Å².